The van der Waals surface area contributed by atoms with Gasteiger partial charge in [-0.25, -0.2) is 0 Å². The third kappa shape index (κ3) is 3.80. The maximum atomic E-state index is 12.3. The van der Waals surface area contributed by atoms with Gasteiger partial charge in [0.2, 0.25) is 0 Å². The second kappa shape index (κ2) is 7.92. The minimum atomic E-state index is -0.440. The summed E-state index contributed by atoms with van der Waals surface area (Å²) < 4.78 is 1.85. The number of carbonyl (C=O) groups excluding carboxylic acids is 1. The molecule has 0 aliphatic heterocycles. The fourth-order valence-corrected chi connectivity index (χ4v) is 3.39. The molecule has 26 heavy (non-hydrogen) atoms. The number of nitrogens with zero attached hydrogens (tertiary/aromatic N) is 4. The summed E-state index contributed by atoms with van der Waals surface area (Å²) in [5.74, 6) is 0.806. The molecule has 3 aromatic rings. The van der Waals surface area contributed by atoms with Crippen LogP contribution in [0.5, 0.6) is 0 Å². The number of thioether (sulfide) groups is 1. The molecule has 0 aliphatic rings. The largest absolute Gasteiger partial charge is 0.302 e. The normalized spacial score (nSPS) is 10.7. The molecule has 0 aliphatic carbocycles. The summed E-state index contributed by atoms with van der Waals surface area (Å²) in [6.07, 6.45) is 0. The van der Waals surface area contributed by atoms with Crippen LogP contribution in [0.2, 0.25) is 0 Å². The minimum Gasteiger partial charge on any atom is -0.302 e. The van der Waals surface area contributed by atoms with Crippen molar-refractivity contribution in [3.05, 3.63) is 70.3 Å². The van der Waals surface area contributed by atoms with E-state index >= 15 is 0 Å². The van der Waals surface area contributed by atoms with Gasteiger partial charge in [0, 0.05) is 29.8 Å². The number of benzene rings is 2. The SMILES string of the molecule is CCn1c(SCC(=O)c2ccccc2)nnc1-c1cccc([N+](=O)[O-])c1. The molecule has 1 aromatic heterocycles. The van der Waals surface area contributed by atoms with E-state index in [4.69, 9.17) is 0 Å². The van der Waals surface area contributed by atoms with E-state index in [2.05, 4.69) is 10.2 Å². The lowest BCUT2D eigenvalue weighted by Crippen LogP contribution is -2.05. The Kier molecular flexibility index (Phi) is 5.43. The van der Waals surface area contributed by atoms with E-state index in [0.29, 0.717) is 28.7 Å². The number of carbonyl (C=O) groups is 1. The highest BCUT2D eigenvalue weighted by atomic mass is 32.2. The van der Waals surface area contributed by atoms with Gasteiger partial charge in [0.1, 0.15) is 0 Å². The first-order valence-corrected chi connectivity index (χ1v) is 8.97. The third-order valence-corrected chi connectivity index (χ3v) is 4.74. The second-order valence-corrected chi connectivity index (χ2v) is 6.38. The van der Waals surface area contributed by atoms with Crippen molar-refractivity contribution in [2.75, 3.05) is 5.75 Å². The van der Waals surface area contributed by atoms with Gasteiger partial charge in [0.05, 0.1) is 10.7 Å². The molecule has 3 rings (SSSR count). The van der Waals surface area contributed by atoms with Crippen molar-refractivity contribution in [3.8, 4) is 11.4 Å². The Bertz CT molecular complexity index is 941. The summed E-state index contributed by atoms with van der Waals surface area (Å²) in [5, 5.41) is 19.9. The molecule has 0 spiro atoms. The van der Waals surface area contributed by atoms with E-state index in [-0.39, 0.29) is 17.2 Å². The number of non-ortho nitro benzene ring substituents is 1. The molecule has 0 saturated carbocycles. The van der Waals surface area contributed by atoms with Crippen LogP contribution in [0.4, 0.5) is 5.69 Å². The molecule has 8 heteroatoms. The Morgan fingerprint density at radius 1 is 1.15 bits per heavy atom. The lowest BCUT2D eigenvalue weighted by Gasteiger charge is -2.07. The summed E-state index contributed by atoms with van der Waals surface area (Å²) in [7, 11) is 0. The van der Waals surface area contributed by atoms with Gasteiger partial charge < -0.3 is 4.57 Å². The highest BCUT2D eigenvalue weighted by Gasteiger charge is 2.17. The first-order chi connectivity index (χ1) is 12.6. The topological polar surface area (TPSA) is 90.9 Å². The summed E-state index contributed by atoms with van der Waals surface area (Å²) in [6.45, 7) is 2.53. The van der Waals surface area contributed by atoms with Crippen molar-refractivity contribution in [1.29, 1.82) is 0 Å². The smallest absolute Gasteiger partial charge is 0.270 e. The Morgan fingerprint density at radius 2 is 1.92 bits per heavy atom. The average molecular weight is 368 g/mol. The van der Waals surface area contributed by atoms with E-state index in [9.17, 15) is 14.9 Å². The average Bonchev–Trinajstić information content (AvgIpc) is 3.09. The maximum absolute atomic E-state index is 12.3. The van der Waals surface area contributed by atoms with Gasteiger partial charge in [0.15, 0.2) is 16.8 Å². The molecule has 0 unspecified atom stereocenters. The molecule has 2 aromatic carbocycles. The fraction of sp³-hybridized carbons (Fsp3) is 0.167. The van der Waals surface area contributed by atoms with Crippen molar-refractivity contribution < 1.29 is 9.72 Å². The Hall–Kier alpha value is -3.00. The summed E-state index contributed by atoms with van der Waals surface area (Å²) >= 11 is 1.31. The second-order valence-electron chi connectivity index (χ2n) is 5.44. The number of rotatable bonds is 7. The summed E-state index contributed by atoms with van der Waals surface area (Å²) in [6, 6.07) is 15.4. The van der Waals surface area contributed by atoms with E-state index < -0.39 is 4.92 Å². The fourth-order valence-electron chi connectivity index (χ4n) is 2.49. The minimum absolute atomic E-state index is 0.00149. The molecular weight excluding hydrogens is 352 g/mol. The monoisotopic (exact) mass is 368 g/mol. The molecule has 0 N–H and O–H groups in total. The van der Waals surface area contributed by atoms with Crippen molar-refractivity contribution in [1.82, 2.24) is 14.8 Å². The molecule has 1 heterocycles. The van der Waals surface area contributed by atoms with Crippen LogP contribution in [0.1, 0.15) is 17.3 Å². The number of nitro groups is 1. The van der Waals surface area contributed by atoms with E-state index in [1.165, 1.54) is 23.9 Å². The Morgan fingerprint density at radius 3 is 2.62 bits per heavy atom. The molecule has 0 saturated heterocycles. The lowest BCUT2D eigenvalue weighted by atomic mass is 10.2. The molecule has 7 nitrogen and oxygen atoms in total. The van der Waals surface area contributed by atoms with Gasteiger partial charge in [-0.05, 0) is 6.92 Å². The van der Waals surface area contributed by atoms with Crippen molar-refractivity contribution in [2.45, 2.75) is 18.6 Å². The van der Waals surface area contributed by atoms with Gasteiger partial charge in [-0.2, -0.15) is 0 Å². The highest BCUT2D eigenvalue weighted by molar-refractivity contribution is 7.99. The van der Waals surface area contributed by atoms with Gasteiger partial charge in [-0.15, -0.1) is 10.2 Å². The molecule has 0 amide bonds. The van der Waals surface area contributed by atoms with Crippen LogP contribution in [0.25, 0.3) is 11.4 Å². The zero-order valence-electron chi connectivity index (χ0n) is 14.0. The van der Waals surface area contributed by atoms with Gasteiger partial charge in [-0.1, -0.05) is 54.2 Å². The van der Waals surface area contributed by atoms with E-state index in [0.717, 1.165) is 0 Å². The first-order valence-electron chi connectivity index (χ1n) is 7.99. The van der Waals surface area contributed by atoms with Crippen molar-refractivity contribution >= 4 is 23.2 Å². The number of hydrogen-bond acceptors (Lipinski definition) is 6. The molecule has 0 radical (unpaired) electrons. The van der Waals surface area contributed by atoms with Gasteiger partial charge in [0.25, 0.3) is 5.69 Å². The first kappa shape index (κ1) is 17.8. The lowest BCUT2D eigenvalue weighted by molar-refractivity contribution is -0.384. The van der Waals surface area contributed by atoms with E-state index in [1.54, 1.807) is 24.3 Å². The predicted octanol–water partition coefficient (Wildman–Crippen LogP) is 3.85. The quantitative estimate of drug-likeness (QED) is 0.272. The van der Waals surface area contributed by atoms with Crippen LogP contribution in [0, 0.1) is 10.1 Å². The van der Waals surface area contributed by atoms with Crippen molar-refractivity contribution in [3.63, 3.8) is 0 Å². The van der Waals surface area contributed by atoms with Crippen LogP contribution >= 0.6 is 11.8 Å². The van der Waals surface area contributed by atoms with Crippen molar-refractivity contribution in [2.24, 2.45) is 0 Å². The number of Topliss-reactive ketones (excluding diaryl/α,β-unsaturated/α-hetero) is 1. The number of nitro benzene ring substituents is 1. The number of aromatic nitrogens is 3. The third-order valence-electron chi connectivity index (χ3n) is 3.78. The molecule has 0 bridgehead atoms. The number of hydrogen-bond donors (Lipinski definition) is 0. The molecule has 0 atom stereocenters. The summed E-state index contributed by atoms with van der Waals surface area (Å²) in [4.78, 5) is 22.8. The van der Waals surface area contributed by atoms with Crippen LogP contribution < -0.4 is 0 Å². The summed E-state index contributed by atoms with van der Waals surface area (Å²) in [5.41, 5.74) is 1.28. The standard InChI is InChI=1S/C18H16N4O3S/c1-2-21-17(14-9-6-10-15(11-14)22(24)25)19-20-18(21)26-12-16(23)13-7-4-3-5-8-13/h3-11H,2,12H2,1H3. The highest BCUT2D eigenvalue weighted by Crippen LogP contribution is 2.26. The van der Waals surface area contributed by atoms with Crippen LogP contribution in [0.15, 0.2) is 59.8 Å². The van der Waals surface area contributed by atoms with E-state index in [1.807, 2.05) is 29.7 Å². The Balaban J connectivity index is 1.81. The van der Waals surface area contributed by atoms with Gasteiger partial charge in [-0.3, -0.25) is 14.9 Å². The zero-order chi connectivity index (χ0) is 18.5. The van der Waals surface area contributed by atoms with Gasteiger partial charge >= 0.3 is 0 Å². The van der Waals surface area contributed by atoms with Crippen LogP contribution in [0.3, 0.4) is 0 Å². The number of ketones is 1. The zero-order valence-corrected chi connectivity index (χ0v) is 14.8. The molecule has 0 fully saturated rings. The maximum Gasteiger partial charge on any atom is 0.270 e. The van der Waals surface area contributed by atoms with Crippen LogP contribution in [-0.4, -0.2) is 31.2 Å². The molecular formula is C18H16N4O3S. The van der Waals surface area contributed by atoms with Crippen LogP contribution in [-0.2, 0) is 6.54 Å². The molecule has 132 valence electrons. The predicted molar refractivity (Wildman–Crippen MR) is 99.3 cm³/mol. The Labute approximate surface area is 154 Å².